The van der Waals surface area contributed by atoms with Gasteiger partial charge in [-0.25, -0.2) is 4.39 Å². The summed E-state index contributed by atoms with van der Waals surface area (Å²) in [5.41, 5.74) is 0.829. The molecule has 0 radical (unpaired) electrons. The summed E-state index contributed by atoms with van der Waals surface area (Å²) in [7, 11) is 0. The first-order valence-corrected chi connectivity index (χ1v) is 9.42. The van der Waals surface area contributed by atoms with E-state index >= 15 is 0 Å². The van der Waals surface area contributed by atoms with Gasteiger partial charge in [-0.3, -0.25) is 14.6 Å². The fraction of sp³-hybridized carbons (Fsp3) is 0.381. The number of likely N-dealkylation sites (tertiary alicyclic amines) is 1. The van der Waals surface area contributed by atoms with Crippen molar-refractivity contribution in [2.75, 3.05) is 0 Å². The monoisotopic (exact) mass is 367 g/mol. The van der Waals surface area contributed by atoms with Crippen molar-refractivity contribution in [2.45, 2.75) is 50.2 Å². The highest BCUT2D eigenvalue weighted by atomic mass is 19.1. The highest BCUT2D eigenvalue weighted by Crippen LogP contribution is 2.40. The molecule has 1 N–H and O–H groups in total. The van der Waals surface area contributed by atoms with Crippen LogP contribution in [-0.4, -0.2) is 33.8 Å². The lowest BCUT2D eigenvalue weighted by Gasteiger charge is -2.33. The zero-order valence-electron chi connectivity index (χ0n) is 15.0. The summed E-state index contributed by atoms with van der Waals surface area (Å²) in [5, 5.41) is 3.06. The number of fused-ring (bicyclic) bond motifs is 1. The molecule has 2 aliphatic heterocycles. The van der Waals surface area contributed by atoms with Crippen LogP contribution in [0.5, 0.6) is 0 Å². The van der Waals surface area contributed by atoms with Crippen molar-refractivity contribution in [3.63, 3.8) is 0 Å². The molecule has 140 valence electrons. The van der Waals surface area contributed by atoms with Gasteiger partial charge < -0.3 is 10.2 Å². The van der Waals surface area contributed by atoms with Crippen LogP contribution in [0.25, 0.3) is 0 Å². The second-order valence-electron chi connectivity index (χ2n) is 7.19. The Morgan fingerprint density at radius 3 is 2.74 bits per heavy atom. The number of carbonyl (C=O) groups is 2. The van der Waals surface area contributed by atoms with E-state index < -0.39 is 6.04 Å². The zero-order valence-corrected chi connectivity index (χ0v) is 15.0. The second-order valence-corrected chi connectivity index (χ2v) is 7.19. The third kappa shape index (κ3) is 3.44. The molecular weight excluding hydrogens is 345 g/mol. The number of nitrogens with zero attached hydrogens (tertiary/aromatic N) is 2. The predicted molar refractivity (Wildman–Crippen MR) is 98.4 cm³/mol. The number of nitrogens with one attached hydrogen (secondary N) is 1. The molecule has 3 heterocycles. The van der Waals surface area contributed by atoms with Gasteiger partial charge in [-0.15, -0.1) is 0 Å². The number of rotatable bonds is 2. The van der Waals surface area contributed by atoms with Crippen LogP contribution in [-0.2, 0) is 4.79 Å². The average molecular weight is 367 g/mol. The molecule has 5 nitrogen and oxygen atoms in total. The van der Waals surface area contributed by atoms with Gasteiger partial charge in [0.25, 0.3) is 5.91 Å². The first kappa shape index (κ1) is 17.6. The topological polar surface area (TPSA) is 62.3 Å². The van der Waals surface area contributed by atoms with Crippen LogP contribution in [0, 0.1) is 5.82 Å². The van der Waals surface area contributed by atoms with E-state index in [0.29, 0.717) is 24.1 Å². The number of aromatic nitrogens is 1. The molecular formula is C21H22FN3O2. The number of amides is 2. The van der Waals surface area contributed by atoms with Crippen LogP contribution in [0.4, 0.5) is 4.39 Å². The van der Waals surface area contributed by atoms with E-state index in [1.165, 1.54) is 6.07 Å². The minimum atomic E-state index is -0.422. The number of hydrogen-bond donors (Lipinski definition) is 1. The number of halogens is 1. The van der Waals surface area contributed by atoms with Crippen LogP contribution >= 0.6 is 0 Å². The molecule has 2 amide bonds. The average Bonchev–Trinajstić information content (AvgIpc) is 3.01. The van der Waals surface area contributed by atoms with E-state index in [1.807, 2.05) is 0 Å². The van der Waals surface area contributed by atoms with E-state index in [9.17, 15) is 14.0 Å². The highest BCUT2D eigenvalue weighted by molar-refractivity contribution is 5.93. The zero-order chi connectivity index (χ0) is 18.8. The third-order valence-corrected chi connectivity index (χ3v) is 5.52. The second kappa shape index (κ2) is 7.47. The fourth-order valence-corrected chi connectivity index (χ4v) is 4.29. The molecule has 27 heavy (non-hydrogen) atoms. The van der Waals surface area contributed by atoms with Gasteiger partial charge in [0.05, 0.1) is 18.1 Å². The molecule has 3 atom stereocenters. The van der Waals surface area contributed by atoms with E-state index in [4.69, 9.17) is 0 Å². The van der Waals surface area contributed by atoms with Gasteiger partial charge in [-0.05, 0) is 37.5 Å². The van der Waals surface area contributed by atoms with E-state index in [2.05, 4.69) is 10.3 Å². The molecule has 0 unspecified atom stereocenters. The Kier molecular flexibility index (Phi) is 4.88. The predicted octanol–water partition coefficient (Wildman–Crippen LogP) is 3.24. The van der Waals surface area contributed by atoms with Crippen molar-refractivity contribution < 1.29 is 14.0 Å². The van der Waals surface area contributed by atoms with Gasteiger partial charge in [-0.2, -0.15) is 0 Å². The molecule has 2 fully saturated rings. The Labute approximate surface area is 157 Å². The smallest absolute Gasteiger partial charge is 0.273 e. The van der Waals surface area contributed by atoms with Crippen LogP contribution in [0.2, 0.25) is 0 Å². The first-order valence-electron chi connectivity index (χ1n) is 9.42. The van der Waals surface area contributed by atoms with Crippen LogP contribution < -0.4 is 5.32 Å². The number of pyridine rings is 1. The molecule has 2 saturated heterocycles. The Bertz CT molecular complexity index is 842. The van der Waals surface area contributed by atoms with Gasteiger partial charge >= 0.3 is 0 Å². The summed E-state index contributed by atoms with van der Waals surface area (Å²) in [4.78, 5) is 31.4. The minimum absolute atomic E-state index is 0.00381. The summed E-state index contributed by atoms with van der Waals surface area (Å²) < 4.78 is 14.6. The van der Waals surface area contributed by atoms with Gasteiger partial charge in [0, 0.05) is 18.2 Å². The maximum atomic E-state index is 14.6. The van der Waals surface area contributed by atoms with Crippen molar-refractivity contribution in [1.29, 1.82) is 0 Å². The van der Waals surface area contributed by atoms with Gasteiger partial charge in [0.15, 0.2) is 0 Å². The molecule has 1 aromatic carbocycles. The molecule has 4 rings (SSSR count). The van der Waals surface area contributed by atoms with E-state index in [1.54, 1.807) is 47.5 Å². The summed E-state index contributed by atoms with van der Waals surface area (Å²) in [6.45, 7) is 0. The SMILES string of the molecule is O=C1CCCC[C@H]2[C@@H](C[C@@H](c3ccccc3F)N2C(=O)c2ccccn2)N1. The molecule has 0 saturated carbocycles. The first-order chi connectivity index (χ1) is 13.1. The maximum Gasteiger partial charge on any atom is 0.273 e. The van der Waals surface area contributed by atoms with Crippen molar-refractivity contribution in [3.05, 3.63) is 65.7 Å². The standard InChI is InChI=1S/C21H22FN3O2/c22-15-8-2-1-7-14(15)19-13-17-18(10-3-4-11-20(26)24-17)25(19)21(27)16-9-5-6-12-23-16/h1-2,5-9,12,17-19H,3-4,10-11,13H2,(H,24,26)/t17-,18+,19+/m1/s1. The lowest BCUT2D eigenvalue weighted by Crippen LogP contribution is -2.48. The summed E-state index contributed by atoms with van der Waals surface area (Å²) in [6.07, 6.45) is 5.04. The Morgan fingerprint density at radius 1 is 1.15 bits per heavy atom. The largest absolute Gasteiger partial charge is 0.351 e. The molecule has 0 spiro atoms. The highest BCUT2D eigenvalue weighted by Gasteiger charge is 2.46. The van der Waals surface area contributed by atoms with Gasteiger partial charge in [0.1, 0.15) is 11.5 Å². The maximum absolute atomic E-state index is 14.6. The van der Waals surface area contributed by atoms with Crippen LogP contribution in [0.15, 0.2) is 48.7 Å². The van der Waals surface area contributed by atoms with E-state index in [-0.39, 0.29) is 29.7 Å². The molecule has 2 aliphatic rings. The Hall–Kier alpha value is -2.76. The van der Waals surface area contributed by atoms with Gasteiger partial charge in [-0.1, -0.05) is 30.7 Å². The molecule has 0 aliphatic carbocycles. The quantitative estimate of drug-likeness (QED) is 0.886. The van der Waals surface area contributed by atoms with Crippen LogP contribution in [0.1, 0.15) is 54.2 Å². The van der Waals surface area contributed by atoms with Gasteiger partial charge in [0.2, 0.25) is 5.91 Å². The number of benzene rings is 1. The normalized spacial score (nSPS) is 25.3. The number of hydrogen-bond acceptors (Lipinski definition) is 3. The van der Waals surface area contributed by atoms with E-state index in [0.717, 1.165) is 19.3 Å². The third-order valence-electron chi connectivity index (χ3n) is 5.52. The Morgan fingerprint density at radius 2 is 1.96 bits per heavy atom. The fourth-order valence-electron chi connectivity index (χ4n) is 4.29. The van der Waals surface area contributed by atoms with Crippen LogP contribution in [0.3, 0.4) is 0 Å². The van der Waals surface area contributed by atoms with Crippen molar-refractivity contribution >= 4 is 11.8 Å². The summed E-state index contributed by atoms with van der Waals surface area (Å²) in [5.74, 6) is -0.544. The Balaban J connectivity index is 1.75. The van der Waals surface area contributed by atoms with Crippen molar-refractivity contribution in [2.24, 2.45) is 0 Å². The van der Waals surface area contributed by atoms with Crippen molar-refractivity contribution in [1.82, 2.24) is 15.2 Å². The lowest BCUT2D eigenvalue weighted by atomic mass is 9.97. The lowest BCUT2D eigenvalue weighted by molar-refractivity contribution is -0.122. The minimum Gasteiger partial charge on any atom is -0.351 e. The van der Waals surface area contributed by atoms with Crippen molar-refractivity contribution in [3.8, 4) is 0 Å². The molecule has 6 heteroatoms. The molecule has 0 bridgehead atoms. The number of carbonyl (C=O) groups excluding carboxylic acids is 2. The molecule has 1 aromatic heterocycles. The molecule has 2 aromatic rings. The summed E-state index contributed by atoms with van der Waals surface area (Å²) >= 11 is 0. The summed E-state index contributed by atoms with van der Waals surface area (Å²) in [6, 6.07) is 11.0.